The van der Waals surface area contributed by atoms with E-state index in [1.807, 2.05) is 29.2 Å². The first-order valence-electron chi connectivity index (χ1n) is 7.09. The smallest absolute Gasteiger partial charge is 0.0925 e. The molecule has 3 rings (SSSR count). The Labute approximate surface area is 128 Å². The molecular weight excluding hydrogens is 280 g/mol. The van der Waals surface area contributed by atoms with Crippen molar-refractivity contribution in [3.63, 3.8) is 0 Å². The van der Waals surface area contributed by atoms with Gasteiger partial charge in [0.15, 0.2) is 0 Å². The van der Waals surface area contributed by atoms with Gasteiger partial charge in [0.05, 0.1) is 10.7 Å². The Kier molecular flexibility index (Phi) is 4.43. The molecule has 2 heterocycles. The molecule has 0 saturated carbocycles. The maximum atomic E-state index is 4.38. The van der Waals surface area contributed by atoms with Gasteiger partial charge in [-0.25, -0.2) is 9.67 Å². The van der Waals surface area contributed by atoms with E-state index in [0.29, 0.717) is 0 Å². The van der Waals surface area contributed by atoms with Crippen molar-refractivity contribution in [2.45, 2.75) is 26.4 Å². The Morgan fingerprint density at radius 1 is 1.19 bits per heavy atom. The molecule has 0 fully saturated rings. The number of hydrogen-bond donors (Lipinski definition) is 1. The van der Waals surface area contributed by atoms with Crippen LogP contribution in [0.15, 0.2) is 48.9 Å². The highest BCUT2D eigenvalue weighted by atomic mass is 32.1. The third-order valence-electron chi connectivity index (χ3n) is 3.26. The molecule has 0 spiro atoms. The predicted molar refractivity (Wildman–Crippen MR) is 85.6 cm³/mol. The number of aryl methyl sites for hydroxylation is 1. The van der Waals surface area contributed by atoms with E-state index >= 15 is 0 Å². The van der Waals surface area contributed by atoms with Crippen molar-refractivity contribution in [3.8, 4) is 5.69 Å². The van der Waals surface area contributed by atoms with Crippen LogP contribution in [-0.4, -0.2) is 14.8 Å². The second-order valence-corrected chi connectivity index (χ2v) is 5.96. The zero-order valence-corrected chi connectivity index (χ0v) is 12.8. The van der Waals surface area contributed by atoms with E-state index in [4.69, 9.17) is 0 Å². The first-order chi connectivity index (χ1) is 10.4. The number of thiazole rings is 1. The number of benzene rings is 1. The minimum absolute atomic E-state index is 0.815. The molecule has 5 heteroatoms. The van der Waals surface area contributed by atoms with Crippen molar-refractivity contribution in [2.75, 3.05) is 0 Å². The molecule has 0 radical (unpaired) electrons. The fourth-order valence-electron chi connectivity index (χ4n) is 2.21. The molecule has 21 heavy (non-hydrogen) atoms. The summed E-state index contributed by atoms with van der Waals surface area (Å²) >= 11 is 1.78. The maximum Gasteiger partial charge on any atom is 0.0925 e. The van der Waals surface area contributed by atoms with Gasteiger partial charge in [0, 0.05) is 36.6 Å². The van der Waals surface area contributed by atoms with E-state index in [0.717, 1.165) is 25.2 Å². The van der Waals surface area contributed by atoms with Crippen LogP contribution in [0.25, 0.3) is 5.69 Å². The standard InChI is InChI=1S/C16H18N4S/c1-2-16-18-12-14(21-16)11-17-10-13-6-3-4-7-15(13)20-9-5-8-19-20/h3-9,12,17H,2,10-11H2,1H3. The molecule has 0 atom stereocenters. The van der Waals surface area contributed by atoms with Crippen LogP contribution in [0.1, 0.15) is 22.4 Å². The molecular formula is C16H18N4S. The molecule has 3 aromatic rings. The van der Waals surface area contributed by atoms with Crippen LogP contribution in [0.3, 0.4) is 0 Å². The Balaban J connectivity index is 1.65. The SMILES string of the molecule is CCc1ncc(CNCc2ccccc2-n2cccn2)s1. The number of para-hydroxylation sites is 1. The molecule has 4 nitrogen and oxygen atoms in total. The van der Waals surface area contributed by atoms with Gasteiger partial charge in [0.1, 0.15) is 0 Å². The first kappa shape index (κ1) is 14.0. The fourth-order valence-corrected chi connectivity index (χ4v) is 3.04. The molecule has 0 aliphatic heterocycles. The van der Waals surface area contributed by atoms with Gasteiger partial charge < -0.3 is 5.32 Å². The second-order valence-electron chi connectivity index (χ2n) is 4.76. The lowest BCUT2D eigenvalue weighted by molar-refractivity contribution is 0.692. The Morgan fingerprint density at radius 2 is 2.10 bits per heavy atom. The van der Waals surface area contributed by atoms with Gasteiger partial charge in [-0.2, -0.15) is 5.10 Å². The molecule has 0 aliphatic carbocycles. The Hall–Kier alpha value is -1.98. The van der Waals surface area contributed by atoms with Gasteiger partial charge in [-0.15, -0.1) is 11.3 Å². The number of aromatic nitrogens is 3. The number of nitrogens with zero attached hydrogens (tertiary/aromatic N) is 3. The molecule has 0 unspecified atom stereocenters. The van der Waals surface area contributed by atoms with Gasteiger partial charge in [-0.3, -0.25) is 0 Å². The van der Waals surface area contributed by atoms with Crippen LogP contribution < -0.4 is 5.32 Å². The van der Waals surface area contributed by atoms with Crippen molar-refractivity contribution in [2.24, 2.45) is 0 Å². The lowest BCUT2D eigenvalue weighted by atomic mass is 10.2. The Bertz CT molecular complexity index is 688. The molecule has 1 N–H and O–H groups in total. The van der Waals surface area contributed by atoms with Crippen LogP contribution in [-0.2, 0) is 19.5 Å². The minimum atomic E-state index is 0.815. The van der Waals surface area contributed by atoms with E-state index in [1.165, 1.54) is 15.4 Å². The lowest BCUT2D eigenvalue weighted by Gasteiger charge is -2.10. The van der Waals surface area contributed by atoms with Crippen molar-refractivity contribution < 1.29 is 0 Å². The van der Waals surface area contributed by atoms with Gasteiger partial charge in [0.2, 0.25) is 0 Å². The highest BCUT2D eigenvalue weighted by Gasteiger charge is 2.05. The summed E-state index contributed by atoms with van der Waals surface area (Å²) in [6, 6.07) is 10.3. The minimum Gasteiger partial charge on any atom is -0.308 e. The Morgan fingerprint density at radius 3 is 2.86 bits per heavy atom. The van der Waals surface area contributed by atoms with Crippen molar-refractivity contribution in [1.29, 1.82) is 0 Å². The molecule has 0 amide bonds. The molecule has 1 aromatic carbocycles. The average Bonchev–Trinajstić information content (AvgIpc) is 3.19. The summed E-state index contributed by atoms with van der Waals surface area (Å²) in [5.74, 6) is 0. The summed E-state index contributed by atoms with van der Waals surface area (Å²) in [6.07, 6.45) is 6.74. The van der Waals surface area contributed by atoms with Gasteiger partial charge in [-0.05, 0) is 24.1 Å². The third-order valence-corrected chi connectivity index (χ3v) is 4.40. The highest BCUT2D eigenvalue weighted by molar-refractivity contribution is 7.11. The van der Waals surface area contributed by atoms with Crippen LogP contribution in [0, 0.1) is 0 Å². The molecule has 0 aliphatic rings. The summed E-state index contributed by atoms with van der Waals surface area (Å²) in [5.41, 5.74) is 2.36. The van der Waals surface area contributed by atoms with Crippen molar-refractivity contribution in [1.82, 2.24) is 20.1 Å². The van der Waals surface area contributed by atoms with E-state index < -0.39 is 0 Å². The molecule has 2 aromatic heterocycles. The summed E-state index contributed by atoms with van der Waals surface area (Å²) in [4.78, 5) is 5.66. The largest absolute Gasteiger partial charge is 0.308 e. The van der Waals surface area contributed by atoms with Gasteiger partial charge >= 0.3 is 0 Å². The summed E-state index contributed by atoms with van der Waals surface area (Å²) in [6.45, 7) is 3.80. The lowest BCUT2D eigenvalue weighted by Crippen LogP contribution is -2.14. The van der Waals surface area contributed by atoms with Crippen LogP contribution >= 0.6 is 11.3 Å². The zero-order valence-electron chi connectivity index (χ0n) is 12.0. The zero-order chi connectivity index (χ0) is 14.5. The normalized spacial score (nSPS) is 10.9. The summed E-state index contributed by atoms with van der Waals surface area (Å²) in [7, 11) is 0. The molecule has 0 saturated heterocycles. The van der Waals surface area contributed by atoms with Gasteiger partial charge in [0.25, 0.3) is 0 Å². The van der Waals surface area contributed by atoms with E-state index in [-0.39, 0.29) is 0 Å². The fraction of sp³-hybridized carbons (Fsp3) is 0.250. The quantitative estimate of drug-likeness (QED) is 0.760. The summed E-state index contributed by atoms with van der Waals surface area (Å²) in [5, 5.41) is 8.99. The van der Waals surface area contributed by atoms with E-state index in [9.17, 15) is 0 Å². The van der Waals surface area contributed by atoms with Crippen molar-refractivity contribution >= 4 is 11.3 Å². The molecule has 108 valence electrons. The topological polar surface area (TPSA) is 42.7 Å². The number of hydrogen-bond acceptors (Lipinski definition) is 4. The van der Waals surface area contributed by atoms with Crippen LogP contribution in [0.2, 0.25) is 0 Å². The number of nitrogens with one attached hydrogen (secondary N) is 1. The van der Waals surface area contributed by atoms with Crippen LogP contribution in [0.5, 0.6) is 0 Å². The predicted octanol–water partition coefficient (Wildman–Crippen LogP) is 3.18. The third kappa shape index (κ3) is 3.37. The average molecular weight is 298 g/mol. The second kappa shape index (κ2) is 6.65. The highest BCUT2D eigenvalue weighted by Crippen LogP contribution is 2.15. The van der Waals surface area contributed by atoms with Crippen molar-refractivity contribution in [3.05, 3.63) is 64.4 Å². The first-order valence-corrected chi connectivity index (χ1v) is 7.90. The molecule has 0 bridgehead atoms. The number of rotatable bonds is 6. The maximum absolute atomic E-state index is 4.38. The van der Waals surface area contributed by atoms with E-state index in [1.54, 1.807) is 17.5 Å². The van der Waals surface area contributed by atoms with Crippen LogP contribution in [0.4, 0.5) is 0 Å². The monoisotopic (exact) mass is 298 g/mol. The van der Waals surface area contributed by atoms with Gasteiger partial charge in [-0.1, -0.05) is 25.1 Å². The van der Waals surface area contributed by atoms with E-state index in [2.05, 4.69) is 40.5 Å². The summed E-state index contributed by atoms with van der Waals surface area (Å²) < 4.78 is 1.90.